The van der Waals surface area contributed by atoms with E-state index < -0.39 is 0 Å². The lowest BCUT2D eigenvalue weighted by Crippen LogP contribution is -2.02. The van der Waals surface area contributed by atoms with Gasteiger partial charge in [0.2, 0.25) is 0 Å². The van der Waals surface area contributed by atoms with Crippen LogP contribution in [0.3, 0.4) is 0 Å². The third kappa shape index (κ3) is 2.39. The number of hydrogen-bond donors (Lipinski definition) is 1. The number of oxazole rings is 1. The molecule has 17 heavy (non-hydrogen) atoms. The molecule has 0 spiro atoms. The second-order valence-electron chi connectivity index (χ2n) is 4.35. The molecule has 0 atom stereocenters. The van der Waals surface area contributed by atoms with E-state index in [1.165, 1.54) is 11.1 Å². The van der Waals surface area contributed by atoms with Gasteiger partial charge in [-0.05, 0) is 38.0 Å². The van der Waals surface area contributed by atoms with Crippen molar-refractivity contribution in [3.05, 3.63) is 41.0 Å². The first kappa shape index (κ1) is 11.9. The van der Waals surface area contributed by atoms with Gasteiger partial charge in [-0.15, -0.1) is 0 Å². The molecule has 0 bridgehead atoms. The molecule has 0 aliphatic carbocycles. The molecule has 3 heteroatoms. The topological polar surface area (TPSA) is 52.0 Å². The van der Waals surface area contributed by atoms with Crippen LogP contribution in [-0.4, -0.2) is 11.5 Å². The Morgan fingerprint density at radius 1 is 1.18 bits per heavy atom. The molecule has 90 valence electrons. The Morgan fingerprint density at radius 2 is 1.94 bits per heavy atom. The van der Waals surface area contributed by atoms with Crippen molar-refractivity contribution in [2.45, 2.75) is 27.2 Å². The van der Waals surface area contributed by atoms with Gasteiger partial charge < -0.3 is 10.2 Å². The maximum atomic E-state index is 5.59. The van der Waals surface area contributed by atoms with Gasteiger partial charge in [0.05, 0.1) is 0 Å². The van der Waals surface area contributed by atoms with Gasteiger partial charge in [0.1, 0.15) is 11.5 Å². The van der Waals surface area contributed by atoms with Crippen LogP contribution in [-0.2, 0) is 6.42 Å². The predicted octanol–water partition coefficient (Wildman–Crippen LogP) is 2.77. The van der Waals surface area contributed by atoms with E-state index in [1.807, 2.05) is 6.92 Å². The summed E-state index contributed by atoms with van der Waals surface area (Å²) in [6.07, 6.45) is 0.686. The largest absolute Gasteiger partial charge is 0.445 e. The Kier molecular flexibility index (Phi) is 3.29. The highest BCUT2D eigenvalue weighted by Gasteiger charge is 2.11. The maximum absolute atomic E-state index is 5.59. The number of hydrogen-bond acceptors (Lipinski definition) is 3. The highest BCUT2D eigenvalue weighted by molar-refractivity contribution is 5.62. The first-order valence-electron chi connectivity index (χ1n) is 5.86. The molecular formula is C14H18N2O. The SMILES string of the molecule is Cc1ccc(-c2nc(CCN)oc2C)cc1C. The van der Waals surface area contributed by atoms with Gasteiger partial charge in [-0.25, -0.2) is 4.98 Å². The summed E-state index contributed by atoms with van der Waals surface area (Å²) in [4.78, 5) is 4.49. The quantitative estimate of drug-likeness (QED) is 0.882. The number of nitrogens with two attached hydrogens (primary N) is 1. The van der Waals surface area contributed by atoms with Crippen molar-refractivity contribution in [2.75, 3.05) is 6.54 Å². The smallest absolute Gasteiger partial charge is 0.196 e. The van der Waals surface area contributed by atoms with Crippen molar-refractivity contribution < 1.29 is 4.42 Å². The van der Waals surface area contributed by atoms with Crippen molar-refractivity contribution in [3.8, 4) is 11.3 Å². The molecule has 1 aromatic heterocycles. The van der Waals surface area contributed by atoms with Crippen molar-refractivity contribution in [1.29, 1.82) is 0 Å². The Hall–Kier alpha value is -1.61. The fourth-order valence-electron chi connectivity index (χ4n) is 1.84. The highest BCUT2D eigenvalue weighted by Crippen LogP contribution is 2.25. The number of rotatable bonds is 3. The Morgan fingerprint density at radius 3 is 2.59 bits per heavy atom. The van der Waals surface area contributed by atoms with E-state index in [0.717, 1.165) is 22.9 Å². The fraction of sp³-hybridized carbons (Fsp3) is 0.357. The van der Waals surface area contributed by atoms with Gasteiger partial charge in [0.25, 0.3) is 0 Å². The highest BCUT2D eigenvalue weighted by atomic mass is 16.4. The molecule has 1 heterocycles. The average molecular weight is 230 g/mol. The monoisotopic (exact) mass is 230 g/mol. The maximum Gasteiger partial charge on any atom is 0.196 e. The van der Waals surface area contributed by atoms with Gasteiger partial charge in [0.15, 0.2) is 5.89 Å². The third-order valence-electron chi connectivity index (χ3n) is 2.98. The Labute approximate surface area is 102 Å². The summed E-state index contributed by atoms with van der Waals surface area (Å²) in [6.45, 7) is 6.72. The van der Waals surface area contributed by atoms with Crippen LogP contribution in [0.4, 0.5) is 0 Å². The van der Waals surface area contributed by atoms with Crippen molar-refractivity contribution in [1.82, 2.24) is 4.98 Å². The minimum atomic E-state index is 0.562. The van der Waals surface area contributed by atoms with Crippen LogP contribution in [0.2, 0.25) is 0 Å². The first-order chi connectivity index (χ1) is 8.11. The zero-order chi connectivity index (χ0) is 12.4. The number of aryl methyl sites for hydroxylation is 3. The summed E-state index contributed by atoms with van der Waals surface area (Å²) in [5.74, 6) is 1.58. The van der Waals surface area contributed by atoms with E-state index in [1.54, 1.807) is 0 Å². The Bertz CT molecular complexity index is 529. The van der Waals surface area contributed by atoms with Crippen LogP contribution >= 0.6 is 0 Å². The second-order valence-corrected chi connectivity index (χ2v) is 4.35. The van der Waals surface area contributed by atoms with Gasteiger partial charge in [-0.3, -0.25) is 0 Å². The summed E-state index contributed by atoms with van der Waals surface area (Å²) >= 11 is 0. The molecule has 1 aromatic carbocycles. The number of nitrogens with zero attached hydrogens (tertiary/aromatic N) is 1. The first-order valence-corrected chi connectivity index (χ1v) is 5.86. The van der Waals surface area contributed by atoms with Crippen LogP contribution in [0.5, 0.6) is 0 Å². The Balaban J connectivity index is 2.41. The molecule has 0 radical (unpaired) electrons. The normalized spacial score (nSPS) is 10.8. The number of benzene rings is 1. The van der Waals surface area contributed by atoms with E-state index in [2.05, 4.69) is 37.0 Å². The molecule has 0 fully saturated rings. The van der Waals surface area contributed by atoms with Crippen LogP contribution in [0.25, 0.3) is 11.3 Å². The lowest BCUT2D eigenvalue weighted by Gasteiger charge is -2.02. The molecule has 2 aromatic rings. The minimum absolute atomic E-state index is 0.562. The number of aromatic nitrogens is 1. The summed E-state index contributed by atoms with van der Waals surface area (Å²) in [5.41, 5.74) is 10.1. The molecular weight excluding hydrogens is 212 g/mol. The van der Waals surface area contributed by atoms with Crippen LogP contribution in [0, 0.1) is 20.8 Å². The van der Waals surface area contributed by atoms with E-state index in [4.69, 9.17) is 10.2 Å². The molecule has 2 N–H and O–H groups in total. The van der Waals surface area contributed by atoms with Crippen LogP contribution in [0.1, 0.15) is 22.8 Å². The molecule has 0 aliphatic heterocycles. The summed E-state index contributed by atoms with van der Waals surface area (Å²) < 4.78 is 5.59. The van der Waals surface area contributed by atoms with E-state index in [9.17, 15) is 0 Å². The molecule has 0 saturated heterocycles. The zero-order valence-electron chi connectivity index (χ0n) is 10.6. The van der Waals surface area contributed by atoms with E-state index >= 15 is 0 Å². The van der Waals surface area contributed by atoms with Crippen LogP contribution < -0.4 is 5.73 Å². The van der Waals surface area contributed by atoms with Crippen molar-refractivity contribution in [2.24, 2.45) is 5.73 Å². The van der Waals surface area contributed by atoms with Gasteiger partial charge in [-0.2, -0.15) is 0 Å². The zero-order valence-corrected chi connectivity index (χ0v) is 10.6. The summed E-state index contributed by atoms with van der Waals surface area (Å²) in [5, 5.41) is 0. The molecule has 0 amide bonds. The van der Waals surface area contributed by atoms with Gasteiger partial charge in [-0.1, -0.05) is 12.1 Å². The van der Waals surface area contributed by atoms with Gasteiger partial charge >= 0.3 is 0 Å². The third-order valence-corrected chi connectivity index (χ3v) is 2.98. The molecule has 0 aliphatic rings. The second kappa shape index (κ2) is 4.72. The minimum Gasteiger partial charge on any atom is -0.445 e. The fourth-order valence-corrected chi connectivity index (χ4v) is 1.84. The standard InChI is InChI=1S/C14H18N2O/c1-9-4-5-12(8-10(9)2)14-11(3)17-13(16-14)6-7-15/h4-5,8H,6-7,15H2,1-3H3. The molecule has 3 nitrogen and oxygen atoms in total. The van der Waals surface area contributed by atoms with Crippen molar-refractivity contribution >= 4 is 0 Å². The van der Waals surface area contributed by atoms with Gasteiger partial charge in [0, 0.05) is 18.5 Å². The molecule has 2 rings (SSSR count). The lowest BCUT2D eigenvalue weighted by atomic mass is 10.0. The molecule has 0 unspecified atom stereocenters. The van der Waals surface area contributed by atoms with E-state index in [0.29, 0.717) is 13.0 Å². The lowest BCUT2D eigenvalue weighted by molar-refractivity contribution is 0.473. The van der Waals surface area contributed by atoms with Crippen LogP contribution in [0.15, 0.2) is 22.6 Å². The average Bonchev–Trinajstić information content (AvgIpc) is 2.64. The summed E-state index contributed by atoms with van der Waals surface area (Å²) in [6, 6.07) is 6.34. The van der Waals surface area contributed by atoms with E-state index in [-0.39, 0.29) is 0 Å². The predicted molar refractivity (Wildman–Crippen MR) is 68.9 cm³/mol. The van der Waals surface area contributed by atoms with Crippen molar-refractivity contribution in [3.63, 3.8) is 0 Å². The molecule has 0 saturated carbocycles. The summed E-state index contributed by atoms with van der Waals surface area (Å²) in [7, 11) is 0.